The number of amides is 1. The SMILES string of the molecule is CNC(=O)c1ccc(NC2(C#N)CCC2)cc1OC. The van der Waals surface area contributed by atoms with Gasteiger partial charge in [-0.15, -0.1) is 0 Å². The van der Waals surface area contributed by atoms with E-state index in [9.17, 15) is 10.1 Å². The summed E-state index contributed by atoms with van der Waals surface area (Å²) in [5, 5.41) is 15.0. The van der Waals surface area contributed by atoms with Gasteiger partial charge in [0.1, 0.15) is 11.3 Å². The van der Waals surface area contributed by atoms with Crippen molar-refractivity contribution in [2.75, 3.05) is 19.5 Å². The summed E-state index contributed by atoms with van der Waals surface area (Å²) in [6.07, 6.45) is 2.76. The molecule has 0 radical (unpaired) electrons. The topological polar surface area (TPSA) is 74.2 Å². The molecule has 1 aliphatic carbocycles. The van der Waals surface area contributed by atoms with Gasteiger partial charge in [-0.25, -0.2) is 0 Å². The smallest absolute Gasteiger partial charge is 0.254 e. The molecule has 0 heterocycles. The van der Waals surface area contributed by atoms with E-state index >= 15 is 0 Å². The second kappa shape index (κ2) is 5.19. The van der Waals surface area contributed by atoms with Gasteiger partial charge in [-0.2, -0.15) is 5.26 Å². The molecular weight excluding hydrogens is 242 g/mol. The van der Waals surface area contributed by atoms with Crippen LogP contribution < -0.4 is 15.4 Å². The van der Waals surface area contributed by atoms with E-state index in [1.165, 1.54) is 7.11 Å². The lowest BCUT2D eigenvalue weighted by atomic mass is 9.78. The van der Waals surface area contributed by atoms with Gasteiger partial charge in [0.05, 0.1) is 18.7 Å². The van der Waals surface area contributed by atoms with E-state index < -0.39 is 5.54 Å². The molecule has 19 heavy (non-hydrogen) atoms. The summed E-state index contributed by atoms with van der Waals surface area (Å²) in [7, 11) is 3.10. The van der Waals surface area contributed by atoms with E-state index in [1.807, 2.05) is 0 Å². The average Bonchev–Trinajstić information content (AvgIpc) is 2.41. The van der Waals surface area contributed by atoms with Crippen LogP contribution in [0.15, 0.2) is 18.2 Å². The quantitative estimate of drug-likeness (QED) is 0.866. The number of hydrogen-bond donors (Lipinski definition) is 2. The Morgan fingerprint density at radius 3 is 2.68 bits per heavy atom. The first-order valence-electron chi connectivity index (χ1n) is 6.24. The predicted molar refractivity (Wildman–Crippen MR) is 72.2 cm³/mol. The van der Waals surface area contributed by atoms with Gasteiger partial charge in [-0.1, -0.05) is 0 Å². The van der Waals surface area contributed by atoms with Crippen LogP contribution in [0.1, 0.15) is 29.6 Å². The summed E-state index contributed by atoms with van der Waals surface area (Å²) < 4.78 is 5.23. The zero-order valence-electron chi connectivity index (χ0n) is 11.1. The number of ether oxygens (including phenoxy) is 1. The number of carbonyl (C=O) groups is 1. The zero-order chi connectivity index (χ0) is 13.9. The fourth-order valence-corrected chi connectivity index (χ4v) is 2.16. The number of carbonyl (C=O) groups excluding carboxylic acids is 1. The molecule has 100 valence electrons. The van der Waals surface area contributed by atoms with Crippen molar-refractivity contribution < 1.29 is 9.53 Å². The van der Waals surface area contributed by atoms with E-state index in [0.717, 1.165) is 24.9 Å². The van der Waals surface area contributed by atoms with E-state index in [1.54, 1.807) is 25.2 Å². The second-order valence-corrected chi connectivity index (χ2v) is 4.67. The van der Waals surface area contributed by atoms with Gasteiger partial charge in [0.15, 0.2) is 0 Å². The van der Waals surface area contributed by atoms with Crippen LogP contribution >= 0.6 is 0 Å². The molecule has 2 rings (SSSR count). The van der Waals surface area contributed by atoms with Gasteiger partial charge in [0, 0.05) is 18.8 Å². The van der Waals surface area contributed by atoms with Crippen LogP contribution in [0.4, 0.5) is 5.69 Å². The molecule has 1 fully saturated rings. The normalized spacial score (nSPS) is 15.8. The van der Waals surface area contributed by atoms with Crippen molar-refractivity contribution in [3.8, 4) is 11.8 Å². The van der Waals surface area contributed by atoms with Gasteiger partial charge >= 0.3 is 0 Å². The Bertz CT molecular complexity index is 530. The molecule has 2 N–H and O–H groups in total. The third-order valence-electron chi connectivity index (χ3n) is 3.48. The Morgan fingerprint density at radius 1 is 1.47 bits per heavy atom. The van der Waals surface area contributed by atoms with Crippen molar-refractivity contribution in [1.29, 1.82) is 5.26 Å². The molecule has 0 atom stereocenters. The lowest BCUT2D eigenvalue weighted by molar-refractivity contribution is 0.0960. The van der Waals surface area contributed by atoms with Crippen molar-refractivity contribution >= 4 is 11.6 Å². The minimum absolute atomic E-state index is 0.193. The Morgan fingerprint density at radius 2 is 2.21 bits per heavy atom. The fraction of sp³-hybridized carbons (Fsp3) is 0.429. The van der Waals surface area contributed by atoms with Crippen LogP contribution in [0, 0.1) is 11.3 Å². The van der Waals surface area contributed by atoms with Gasteiger partial charge < -0.3 is 15.4 Å². The van der Waals surface area contributed by atoms with Gasteiger partial charge in [-0.3, -0.25) is 4.79 Å². The molecule has 0 spiro atoms. The lowest BCUT2D eigenvalue weighted by Gasteiger charge is -2.36. The number of nitrogens with zero attached hydrogens (tertiary/aromatic N) is 1. The van der Waals surface area contributed by atoms with Crippen LogP contribution in [0.2, 0.25) is 0 Å². The first-order valence-corrected chi connectivity index (χ1v) is 6.24. The molecule has 1 amide bonds. The highest BCUT2D eigenvalue weighted by molar-refractivity contribution is 5.97. The molecule has 1 saturated carbocycles. The van der Waals surface area contributed by atoms with Gasteiger partial charge in [0.25, 0.3) is 5.91 Å². The number of benzene rings is 1. The fourth-order valence-electron chi connectivity index (χ4n) is 2.16. The second-order valence-electron chi connectivity index (χ2n) is 4.67. The Labute approximate surface area is 112 Å². The number of methoxy groups -OCH3 is 1. The first kappa shape index (κ1) is 13.2. The Hall–Kier alpha value is -2.22. The monoisotopic (exact) mass is 259 g/mol. The highest BCUT2D eigenvalue weighted by Crippen LogP contribution is 2.35. The van der Waals surface area contributed by atoms with Crippen LogP contribution in [0.3, 0.4) is 0 Å². The molecule has 0 aromatic heterocycles. The zero-order valence-corrected chi connectivity index (χ0v) is 11.1. The Kier molecular flexibility index (Phi) is 3.61. The molecule has 5 nitrogen and oxygen atoms in total. The van der Waals surface area contributed by atoms with E-state index in [2.05, 4.69) is 16.7 Å². The number of anilines is 1. The lowest BCUT2D eigenvalue weighted by Crippen LogP contribution is -2.43. The summed E-state index contributed by atoms with van der Waals surface area (Å²) >= 11 is 0. The minimum atomic E-state index is -0.459. The van der Waals surface area contributed by atoms with Crippen LogP contribution in [-0.4, -0.2) is 25.6 Å². The maximum absolute atomic E-state index is 11.6. The van der Waals surface area contributed by atoms with Crippen LogP contribution in [0.25, 0.3) is 0 Å². The third-order valence-corrected chi connectivity index (χ3v) is 3.48. The maximum atomic E-state index is 11.6. The van der Waals surface area contributed by atoms with Crippen molar-refractivity contribution in [2.24, 2.45) is 0 Å². The molecule has 0 unspecified atom stereocenters. The number of nitrogens with one attached hydrogen (secondary N) is 2. The molecular formula is C14H17N3O2. The first-order chi connectivity index (χ1) is 9.14. The van der Waals surface area contributed by atoms with Crippen molar-refractivity contribution in [3.63, 3.8) is 0 Å². The summed E-state index contributed by atoms with van der Waals surface area (Å²) in [6.45, 7) is 0. The molecule has 0 bridgehead atoms. The largest absolute Gasteiger partial charge is 0.496 e. The molecule has 0 saturated heterocycles. The number of hydrogen-bond acceptors (Lipinski definition) is 4. The van der Waals surface area contributed by atoms with Gasteiger partial charge in [-0.05, 0) is 31.4 Å². The summed E-state index contributed by atoms with van der Waals surface area (Å²) in [4.78, 5) is 11.6. The molecule has 0 aliphatic heterocycles. The summed E-state index contributed by atoms with van der Waals surface area (Å²) in [5.74, 6) is 0.304. The van der Waals surface area contributed by atoms with Crippen LogP contribution in [-0.2, 0) is 0 Å². The Balaban J connectivity index is 2.24. The molecule has 5 heteroatoms. The third kappa shape index (κ3) is 2.48. The highest BCUT2D eigenvalue weighted by Gasteiger charge is 2.37. The number of rotatable bonds is 4. The van der Waals surface area contributed by atoms with Crippen molar-refractivity contribution in [2.45, 2.75) is 24.8 Å². The standard InChI is InChI=1S/C14H17N3O2/c1-16-13(18)11-5-4-10(8-12(11)19-2)17-14(9-15)6-3-7-14/h4-5,8,17H,3,6-7H2,1-2H3,(H,16,18). The van der Waals surface area contributed by atoms with E-state index in [0.29, 0.717) is 11.3 Å². The van der Waals surface area contributed by atoms with Crippen LogP contribution in [0.5, 0.6) is 5.75 Å². The van der Waals surface area contributed by atoms with E-state index in [4.69, 9.17) is 4.74 Å². The molecule has 1 aromatic rings. The van der Waals surface area contributed by atoms with Gasteiger partial charge in [0.2, 0.25) is 0 Å². The van der Waals surface area contributed by atoms with Crippen molar-refractivity contribution in [1.82, 2.24) is 5.32 Å². The van der Waals surface area contributed by atoms with Crippen molar-refractivity contribution in [3.05, 3.63) is 23.8 Å². The predicted octanol–water partition coefficient (Wildman–Crippen LogP) is 1.91. The summed E-state index contributed by atoms with van der Waals surface area (Å²) in [6, 6.07) is 7.56. The highest BCUT2D eigenvalue weighted by atomic mass is 16.5. The maximum Gasteiger partial charge on any atom is 0.254 e. The molecule has 1 aromatic carbocycles. The minimum Gasteiger partial charge on any atom is -0.496 e. The molecule has 1 aliphatic rings. The average molecular weight is 259 g/mol. The van der Waals surface area contributed by atoms with E-state index in [-0.39, 0.29) is 5.91 Å². The summed E-state index contributed by atoms with van der Waals surface area (Å²) in [5.41, 5.74) is 0.820. The number of nitriles is 1.